The molecule has 0 saturated heterocycles. The Balaban J connectivity index is -0.0000000450. The lowest BCUT2D eigenvalue weighted by Crippen LogP contribution is -2.01. The lowest BCUT2D eigenvalue weighted by atomic mass is 10.8. The normalized spacial score (nSPS) is 5.77. The number of carbonyl (C=O) groups excluding carboxylic acids is 1. The van der Waals surface area contributed by atoms with Crippen molar-refractivity contribution in [3.8, 4) is 0 Å². The predicted octanol–water partition coefficient (Wildman–Crippen LogP) is -0.165. The zero-order valence-electron chi connectivity index (χ0n) is 7.90. The number of aliphatic carboxylic acids is 2. The van der Waals surface area contributed by atoms with Crippen molar-refractivity contribution in [2.75, 3.05) is 0 Å². The average Bonchev–Trinajstić information content (AvgIpc) is 1.54. The molecule has 0 bridgehead atoms. The molecule has 0 fully saturated rings. The van der Waals surface area contributed by atoms with E-state index < -0.39 is 11.9 Å². The fourth-order valence-electron chi connectivity index (χ4n) is 0. The molecule has 7 heteroatoms. The first-order valence-electron chi connectivity index (χ1n) is 2.85. The molecule has 0 saturated carbocycles. The molecule has 0 aliphatic rings. The van der Waals surface area contributed by atoms with E-state index in [0.29, 0.717) is 0 Å². The molecule has 1 amide bonds. The summed E-state index contributed by atoms with van der Waals surface area (Å²) in [5.74, 6) is -2.00. The Hall–Kier alpha value is -1.63. The standard InChI is InChI=1S/C2H5NO.2C2H4O2.H3N/c3*1-2(3)4;/h1H3,(H2,3,4);2*1H3,(H,3,4);1H3. The lowest BCUT2D eigenvalue weighted by molar-refractivity contribution is -0.135. The van der Waals surface area contributed by atoms with Crippen molar-refractivity contribution < 1.29 is 24.6 Å². The van der Waals surface area contributed by atoms with Crippen LogP contribution in [0, 0.1) is 0 Å². The molecule has 7 nitrogen and oxygen atoms in total. The highest BCUT2D eigenvalue weighted by Crippen LogP contribution is 1.42. The van der Waals surface area contributed by atoms with Crippen LogP contribution in [-0.4, -0.2) is 28.1 Å². The molecule has 0 rings (SSSR count). The second kappa shape index (κ2) is 16.8. The van der Waals surface area contributed by atoms with Gasteiger partial charge in [-0.1, -0.05) is 0 Å². The van der Waals surface area contributed by atoms with Crippen molar-refractivity contribution in [1.29, 1.82) is 0 Å². The highest BCUT2D eigenvalue weighted by Gasteiger charge is 1.66. The van der Waals surface area contributed by atoms with Gasteiger partial charge in [0.25, 0.3) is 11.9 Å². The first-order chi connectivity index (χ1) is 5.20. The third-order valence-corrected chi connectivity index (χ3v) is 0. The minimum Gasteiger partial charge on any atom is -0.481 e. The number of carboxylic acids is 2. The van der Waals surface area contributed by atoms with Crippen molar-refractivity contribution >= 4 is 17.8 Å². The van der Waals surface area contributed by atoms with Crippen LogP contribution >= 0.6 is 0 Å². The highest BCUT2D eigenvalue weighted by molar-refractivity contribution is 5.70. The van der Waals surface area contributed by atoms with Gasteiger partial charge < -0.3 is 22.1 Å². The van der Waals surface area contributed by atoms with Crippen LogP contribution in [0.5, 0.6) is 0 Å². The van der Waals surface area contributed by atoms with Crippen LogP contribution in [0.4, 0.5) is 0 Å². The van der Waals surface area contributed by atoms with Gasteiger partial charge in [-0.15, -0.1) is 0 Å². The van der Waals surface area contributed by atoms with E-state index in [2.05, 4.69) is 5.73 Å². The van der Waals surface area contributed by atoms with Crippen molar-refractivity contribution in [2.45, 2.75) is 20.8 Å². The van der Waals surface area contributed by atoms with E-state index in [1.54, 1.807) is 0 Å². The summed E-state index contributed by atoms with van der Waals surface area (Å²) in [4.78, 5) is 27.2. The summed E-state index contributed by atoms with van der Waals surface area (Å²) in [6.45, 7) is 3.47. The van der Waals surface area contributed by atoms with Crippen LogP contribution in [0.2, 0.25) is 0 Å². The molecule has 0 aliphatic carbocycles. The number of rotatable bonds is 0. The van der Waals surface area contributed by atoms with Gasteiger partial charge in [0.15, 0.2) is 0 Å². The summed E-state index contributed by atoms with van der Waals surface area (Å²) in [7, 11) is 0. The van der Waals surface area contributed by atoms with Crippen LogP contribution in [0.25, 0.3) is 0 Å². The Morgan fingerprint density at radius 1 is 0.923 bits per heavy atom. The molecule has 0 unspecified atom stereocenters. The number of carbonyl (C=O) groups is 3. The van der Waals surface area contributed by atoms with E-state index in [1.807, 2.05) is 0 Å². The summed E-state index contributed by atoms with van der Waals surface area (Å²) in [6.07, 6.45) is 0. The van der Waals surface area contributed by atoms with E-state index in [1.165, 1.54) is 6.92 Å². The largest absolute Gasteiger partial charge is 0.481 e. The molecule has 0 atom stereocenters. The fourth-order valence-corrected chi connectivity index (χ4v) is 0. The number of hydrogen-bond acceptors (Lipinski definition) is 4. The van der Waals surface area contributed by atoms with Gasteiger partial charge in [-0.25, -0.2) is 0 Å². The number of carboxylic acid groups (broad SMARTS) is 2. The van der Waals surface area contributed by atoms with E-state index >= 15 is 0 Å². The molecule has 0 aromatic heterocycles. The summed E-state index contributed by atoms with van der Waals surface area (Å²) in [5, 5.41) is 14.8. The van der Waals surface area contributed by atoms with Gasteiger partial charge >= 0.3 is 0 Å². The van der Waals surface area contributed by atoms with E-state index in [0.717, 1.165) is 13.8 Å². The maximum atomic E-state index is 9.22. The van der Waals surface area contributed by atoms with Crippen molar-refractivity contribution in [2.24, 2.45) is 5.73 Å². The topological polar surface area (TPSA) is 153 Å². The number of nitrogens with two attached hydrogens (primary N) is 1. The Labute approximate surface area is 76.1 Å². The first-order valence-corrected chi connectivity index (χ1v) is 2.85. The van der Waals surface area contributed by atoms with Crippen LogP contribution in [-0.2, 0) is 14.4 Å². The van der Waals surface area contributed by atoms with Gasteiger partial charge in [-0.3, -0.25) is 14.4 Å². The quantitative estimate of drug-likeness (QED) is 0.422. The first kappa shape index (κ1) is 22.5. The Morgan fingerprint density at radius 3 is 0.923 bits per heavy atom. The van der Waals surface area contributed by atoms with Gasteiger partial charge in [-0.2, -0.15) is 0 Å². The van der Waals surface area contributed by atoms with Gasteiger partial charge in [0.2, 0.25) is 5.91 Å². The molecule has 0 spiro atoms. The fraction of sp³-hybridized carbons (Fsp3) is 0.500. The van der Waals surface area contributed by atoms with Gasteiger partial charge in [0, 0.05) is 20.8 Å². The third kappa shape index (κ3) is 273. The molecule has 0 aliphatic heterocycles. The van der Waals surface area contributed by atoms with Gasteiger partial charge in [0.05, 0.1) is 0 Å². The van der Waals surface area contributed by atoms with Crippen molar-refractivity contribution in [3.63, 3.8) is 0 Å². The smallest absolute Gasteiger partial charge is 0.300 e. The predicted molar refractivity (Wildman–Crippen MR) is 46.5 cm³/mol. The van der Waals surface area contributed by atoms with Crippen LogP contribution in [0.1, 0.15) is 20.8 Å². The average molecular weight is 196 g/mol. The van der Waals surface area contributed by atoms with E-state index in [-0.39, 0.29) is 12.1 Å². The van der Waals surface area contributed by atoms with Crippen LogP contribution < -0.4 is 11.9 Å². The minimum absolute atomic E-state index is 0. The molecule has 0 aromatic carbocycles. The Bertz CT molecular complexity index is 117. The Morgan fingerprint density at radius 2 is 0.923 bits per heavy atom. The van der Waals surface area contributed by atoms with Crippen LogP contribution in [0.15, 0.2) is 0 Å². The van der Waals surface area contributed by atoms with Crippen molar-refractivity contribution in [3.05, 3.63) is 0 Å². The minimum atomic E-state index is -0.833. The maximum Gasteiger partial charge on any atom is 0.300 e. The molecule has 0 aromatic rings. The highest BCUT2D eigenvalue weighted by atomic mass is 16.4. The SMILES string of the molecule is CC(=O)O.CC(=O)O.CC(N)=O.N. The molecule has 80 valence electrons. The maximum absolute atomic E-state index is 9.22. The molecule has 7 N–H and O–H groups in total. The second-order valence-corrected chi connectivity index (χ2v) is 1.65. The number of hydrogen-bond donors (Lipinski definition) is 4. The molecular weight excluding hydrogens is 180 g/mol. The summed E-state index contributed by atoms with van der Waals surface area (Å²) >= 11 is 0. The summed E-state index contributed by atoms with van der Waals surface area (Å²) in [5.41, 5.74) is 4.47. The lowest BCUT2D eigenvalue weighted by Gasteiger charge is -1.60. The van der Waals surface area contributed by atoms with E-state index in [9.17, 15) is 4.79 Å². The molecular formula is C6H16N2O5. The molecule has 0 heterocycles. The summed E-state index contributed by atoms with van der Waals surface area (Å²) in [6, 6.07) is 0. The number of amides is 1. The van der Waals surface area contributed by atoms with Crippen LogP contribution in [0.3, 0.4) is 0 Å². The number of primary amides is 1. The van der Waals surface area contributed by atoms with E-state index in [4.69, 9.17) is 19.8 Å². The van der Waals surface area contributed by atoms with Gasteiger partial charge in [0.1, 0.15) is 0 Å². The second-order valence-electron chi connectivity index (χ2n) is 1.65. The third-order valence-electron chi connectivity index (χ3n) is 0. The summed E-state index contributed by atoms with van der Waals surface area (Å²) < 4.78 is 0. The monoisotopic (exact) mass is 196 g/mol. The zero-order valence-corrected chi connectivity index (χ0v) is 7.90. The molecule has 13 heavy (non-hydrogen) atoms. The molecule has 0 radical (unpaired) electrons. The zero-order chi connectivity index (χ0) is 10.7. The Kier molecular flexibility index (Phi) is 29.0. The van der Waals surface area contributed by atoms with Crippen molar-refractivity contribution in [1.82, 2.24) is 6.15 Å². The van der Waals surface area contributed by atoms with Gasteiger partial charge in [-0.05, 0) is 0 Å².